The minimum Gasteiger partial charge on any atom is -0.456 e. The number of benzene rings is 2. The quantitative estimate of drug-likeness (QED) is 0.389. The maximum atomic E-state index is 8.85. The summed E-state index contributed by atoms with van der Waals surface area (Å²) in [5.74, 6) is 1.09. The van der Waals surface area contributed by atoms with Gasteiger partial charge in [0.2, 0.25) is 0 Å². The summed E-state index contributed by atoms with van der Waals surface area (Å²) >= 11 is 6.09. The van der Waals surface area contributed by atoms with Crippen molar-refractivity contribution in [1.82, 2.24) is 0 Å². The van der Waals surface area contributed by atoms with Gasteiger partial charge >= 0.3 is 0 Å². The molecule has 2 aromatic carbocycles. The number of oxime groups is 1. The summed E-state index contributed by atoms with van der Waals surface area (Å²) in [6.45, 7) is 2.05. The zero-order chi connectivity index (χ0) is 14.5. The third kappa shape index (κ3) is 2.86. The standard InChI is InChI=1S/C15H15ClN2O2/c1-2-10-6-3-4-8-12(10)20-13-9-5-7-11(16)14(13)15(17)18-19/h3-9,19H,2H2,1H3,(H2,17,18). The monoisotopic (exact) mass is 290 g/mol. The molecule has 0 fully saturated rings. The fourth-order valence-electron chi connectivity index (χ4n) is 1.90. The normalized spacial score (nSPS) is 11.4. The fraction of sp³-hybridized carbons (Fsp3) is 0.133. The molecule has 0 aliphatic rings. The van der Waals surface area contributed by atoms with Crippen LogP contribution < -0.4 is 10.5 Å². The van der Waals surface area contributed by atoms with Crippen LogP contribution >= 0.6 is 11.6 Å². The highest BCUT2D eigenvalue weighted by atomic mass is 35.5. The lowest BCUT2D eigenvalue weighted by atomic mass is 10.1. The molecule has 0 radical (unpaired) electrons. The molecule has 20 heavy (non-hydrogen) atoms. The van der Waals surface area contributed by atoms with Crippen molar-refractivity contribution in [2.45, 2.75) is 13.3 Å². The van der Waals surface area contributed by atoms with Crippen LogP contribution in [0.3, 0.4) is 0 Å². The number of para-hydroxylation sites is 1. The van der Waals surface area contributed by atoms with E-state index < -0.39 is 0 Å². The molecule has 2 rings (SSSR count). The second-order valence-corrected chi connectivity index (χ2v) is 4.57. The third-order valence-corrected chi connectivity index (χ3v) is 3.23. The van der Waals surface area contributed by atoms with Gasteiger partial charge in [0.15, 0.2) is 5.84 Å². The molecule has 0 unspecified atom stereocenters. The number of nitrogens with zero attached hydrogens (tertiary/aromatic N) is 1. The molecule has 0 saturated heterocycles. The fourth-order valence-corrected chi connectivity index (χ4v) is 2.16. The second kappa shape index (κ2) is 6.30. The Morgan fingerprint density at radius 3 is 2.60 bits per heavy atom. The Labute approximate surface area is 122 Å². The van der Waals surface area contributed by atoms with Crippen LogP contribution in [-0.4, -0.2) is 11.0 Å². The first-order valence-corrected chi connectivity index (χ1v) is 6.57. The van der Waals surface area contributed by atoms with Crippen LogP contribution in [-0.2, 0) is 6.42 Å². The molecular weight excluding hydrogens is 276 g/mol. The van der Waals surface area contributed by atoms with Gasteiger partial charge in [-0.05, 0) is 30.2 Å². The van der Waals surface area contributed by atoms with Gasteiger partial charge in [0.25, 0.3) is 0 Å². The SMILES string of the molecule is CCc1ccccc1Oc1cccc(Cl)c1C(N)=NO. The van der Waals surface area contributed by atoms with E-state index >= 15 is 0 Å². The van der Waals surface area contributed by atoms with Gasteiger partial charge in [-0.1, -0.05) is 47.9 Å². The number of aryl methyl sites for hydroxylation is 1. The maximum absolute atomic E-state index is 8.85. The Morgan fingerprint density at radius 1 is 1.20 bits per heavy atom. The van der Waals surface area contributed by atoms with E-state index in [1.165, 1.54) is 0 Å². The van der Waals surface area contributed by atoms with Crippen molar-refractivity contribution < 1.29 is 9.94 Å². The highest BCUT2D eigenvalue weighted by molar-refractivity contribution is 6.34. The molecule has 0 spiro atoms. The maximum Gasteiger partial charge on any atom is 0.175 e. The van der Waals surface area contributed by atoms with Crippen LogP contribution in [0, 0.1) is 0 Å². The molecule has 0 bridgehead atoms. The first-order valence-electron chi connectivity index (χ1n) is 6.19. The lowest BCUT2D eigenvalue weighted by Crippen LogP contribution is -2.15. The summed E-state index contributed by atoms with van der Waals surface area (Å²) in [7, 11) is 0. The van der Waals surface area contributed by atoms with E-state index in [-0.39, 0.29) is 5.84 Å². The average Bonchev–Trinajstić information content (AvgIpc) is 2.47. The number of halogens is 1. The van der Waals surface area contributed by atoms with Crippen molar-refractivity contribution in [3.63, 3.8) is 0 Å². The van der Waals surface area contributed by atoms with Crippen LogP contribution in [0.1, 0.15) is 18.1 Å². The minimum absolute atomic E-state index is 0.0837. The van der Waals surface area contributed by atoms with Crippen molar-refractivity contribution >= 4 is 17.4 Å². The van der Waals surface area contributed by atoms with E-state index in [1.54, 1.807) is 18.2 Å². The molecule has 0 aliphatic heterocycles. The van der Waals surface area contributed by atoms with Gasteiger partial charge in [0.05, 0.1) is 10.6 Å². The molecule has 104 valence electrons. The number of hydrogen-bond donors (Lipinski definition) is 2. The lowest BCUT2D eigenvalue weighted by Gasteiger charge is -2.13. The predicted octanol–water partition coefficient (Wildman–Crippen LogP) is 3.79. The minimum atomic E-state index is -0.0837. The van der Waals surface area contributed by atoms with Crippen molar-refractivity contribution in [2.24, 2.45) is 10.9 Å². The zero-order valence-electron chi connectivity index (χ0n) is 11.0. The predicted molar refractivity (Wildman–Crippen MR) is 79.9 cm³/mol. The van der Waals surface area contributed by atoms with Crippen LogP contribution in [0.4, 0.5) is 0 Å². The first-order chi connectivity index (χ1) is 9.67. The number of rotatable bonds is 4. The van der Waals surface area contributed by atoms with Crippen LogP contribution in [0.5, 0.6) is 11.5 Å². The van der Waals surface area contributed by atoms with Crippen LogP contribution in [0.2, 0.25) is 5.02 Å². The molecule has 2 aromatic rings. The highest BCUT2D eigenvalue weighted by Gasteiger charge is 2.14. The van der Waals surface area contributed by atoms with E-state index in [4.69, 9.17) is 27.3 Å². The Kier molecular flexibility index (Phi) is 4.48. The largest absolute Gasteiger partial charge is 0.456 e. The van der Waals surface area contributed by atoms with Gasteiger partial charge in [0.1, 0.15) is 11.5 Å². The molecule has 0 saturated carbocycles. The molecule has 4 nitrogen and oxygen atoms in total. The molecule has 0 aliphatic carbocycles. The molecular formula is C15H15ClN2O2. The number of ether oxygens (including phenoxy) is 1. The molecule has 0 amide bonds. The van der Waals surface area contributed by atoms with Gasteiger partial charge in [-0.25, -0.2) is 0 Å². The first kappa shape index (κ1) is 14.2. The van der Waals surface area contributed by atoms with E-state index in [0.29, 0.717) is 16.3 Å². The molecule has 3 N–H and O–H groups in total. The van der Waals surface area contributed by atoms with Crippen molar-refractivity contribution in [1.29, 1.82) is 0 Å². The van der Waals surface area contributed by atoms with E-state index in [2.05, 4.69) is 5.16 Å². The Hall–Kier alpha value is -2.20. The summed E-state index contributed by atoms with van der Waals surface area (Å²) in [5, 5.41) is 12.2. The summed E-state index contributed by atoms with van der Waals surface area (Å²) in [5.41, 5.74) is 7.10. The summed E-state index contributed by atoms with van der Waals surface area (Å²) in [6.07, 6.45) is 0.843. The van der Waals surface area contributed by atoms with Gasteiger partial charge in [-0.15, -0.1) is 0 Å². The van der Waals surface area contributed by atoms with Crippen molar-refractivity contribution in [2.75, 3.05) is 0 Å². The van der Waals surface area contributed by atoms with E-state index in [1.807, 2.05) is 31.2 Å². The van der Waals surface area contributed by atoms with Gasteiger partial charge < -0.3 is 15.7 Å². The Bertz CT molecular complexity index is 642. The number of amidine groups is 1. The van der Waals surface area contributed by atoms with Gasteiger partial charge in [-0.2, -0.15) is 0 Å². The van der Waals surface area contributed by atoms with E-state index in [9.17, 15) is 0 Å². The lowest BCUT2D eigenvalue weighted by molar-refractivity contribution is 0.318. The average molecular weight is 291 g/mol. The topological polar surface area (TPSA) is 67.8 Å². The Morgan fingerprint density at radius 2 is 1.90 bits per heavy atom. The van der Waals surface area contributed by atoms with Gasteiger partial charge in [-0.3, -0.25) is 0 Å². The molecule has 0 heterocycles. The number of hydrogen-bond acceptors (Lipinski definition) is 3. The molecule has 0 aromatic heterocycles. The van der Waals surface area contributed by atoms with Gasteiger partial charge in [0, 0.05) is 0 Å². The third-order valence-electron chi connectivity index (χ3n) is 2.91. The van der Waals surface area contributed by atoms with Crippen LogP contribution in [0.25, 0.3) is 0 Å². The highest BCUT2D eigenvalue weighted by Crippen LogP contribution is 2.32. The second-order valence-electron chi connectivity index (χ2n) is 4.16. The summed E-state index contributed by atoms with van der Waals surface area (Å²) in [4.78, 5) is 0. The molecule has 0 atom stereocenters. The summed E-state index contributed by atoms with van der Waals surface area (Å²) in [6, 6.07) is 12.8. The van der Waals surface area contributed by atoms with Crippen molar-refractivity contribution in [3.05, 3.63) is 58.6 Å². The zero-order valence-corrected chi connectivity index (χ0v) is 11.8. The van der Waals surface area contributed by atoms with Crippen LogP contribution in [0.15, 0.2) is 47.6 Å². The smallest absolute Gasteiger partial charge is 0.175 e. The molecule has 5 heteroatoms. The summed E-state index contributed by atoms with van der Waals surface area (Å²) < 4.78 is 5.88. The Balaban J connectivity index is 2.46. The van der Waals surface area contributed by atoms with E-state index in [0.717, 1.165) is 17.7 Å². The van der Waals surface area contributed by atoms with Crippen molar-refractivity contribution in [3.8, 4) is 11.5 Å². The number of nitrogens with two attached hydrogens (primary N) is 1.